The lowest BCUT2D eigenvalue weighted by Gasteiger charge is -2.36. The molecule has 222 valence electrons. The Morgan fingerprint density at radius 3 is 2.54 bits per heavy atom. The SMILES string of the molecule is COCCCCOc1ccccc1C(=O)NC[C@@H](C[C@H](N)[C@@H](O)CNC(=O)C(C)(C)C1CCCNC1)C(C)C. The first kappa shape index (κ1) is 33.0. The lowest BCUT2D eigenvalue weighted by atomic mass is 9.74. The zero-order valence-corrected chi connectivity index (χ0v) is 24.6. The van der Waals surface area contributed by atoms with Crippen LogP contribution in [0.2, 0.25) is 0 Å². The number of piperidine rings is 1. The Hall–Kier alpha value is -2.20. The van der Waals surface area contributed by atoms with E-state index in [2.05, 4.69) is 29.8 Å². The maximum atomic E-state index is 13.0. The molecule has 1 heterocycles. The summed E-state index contributed by atoms with van der Waals surface area (Å²) in [5.41, 5.74) is 6.35. The summed E-state index contributed by atoms with van der Waals surface area (Å²) < 4.78 is 10.9. The summed E-state index contributed by atoms with van der Waals surface area (Å²) in [4.78, 5) is 25.9. The van der Waals surface area contributed by atoms with Crippen molar-refractivity contribution in [1.82, 2.24) is 16.0 Å². The van der Waals surface area contributed by atoms with Crippen molar-refractivity contribution in [2.24, 2.45) is 28.9 Å². The van der Waals surface area contributed by atoms with Gasteiger partial charge < -0.3 is 36.3 Å². The van der Waals surface area contributed by atoms with Gasteiger partial charge in [-0.25, -0.2) is 0 Å². The number of ether oxygens (including phenoxy) is 2. The number of carbonyl (C=O) groups is 2. The molecule has 1 aromatic rings. The minimum Gasteiger partial charge on any atom is -0.493 e. The Labute approximate surface area is 235 Å². The fraction of sp³-hybridized carbons (Fsp3) is 0.733. The zero-order valence-electron chi connectivity index (χ0n) is 24.6. The number of rotatable bonds is 17. The number of unbranched alkanes of at least 4 members (excludes halogenated alkanes) is 1. The van der Waals surface area contributed by atoms with Crippen molar-refractivity contribution >= 4 is 11.8 Å². The summed E-state index contributed by atoms with van der Waals surface area (Å²) in [6.45, 7) is 11.6. The van der Waals surface area contributed by atoms with E-state index in [1.807, 2.05) is 26.0 Å². The standard InChI is InChI=1S/C30H52N4O5/c1-21(2)22(18-33-28(36)24-12-6-7-13-27(24)39-16-9-8-15-38-5)17-25(31)26(35)20-34-29(37)30(3,4)23-11-10-14-32-19-23/h6-7,12-13,21-23,25-26,32,35H,8-11,14-20,31H2,1-5H3,(H,33,36)(H,34,37)/t22-,23?,25+,26+/m1/s1. The summed E-state index contributed by atoms with van der Waals surface area (Å²) in [5, 5.41) is 20.1. The lowest BCUT2D eigenvalue weighted by molar-refractivity contribution is -0.133. The summed E-state index contributed by atoms with van der Waals surface area (Å²) in [5.74, 6) is 0.855. The van der Waals surface area contributed by atoms with Crippen LogP contribution in [-0.4, -0.2) is 75.6 Å². The average molecular weight is 549 g/mol. The second kappa shape index (κ2) is 16.8. The number of nitrogens with one attached hydrogen (secondary N) is 3. The molecule has 1 unspecified atom stereocenters. The van der Waals surface area contributed by atoms with E-state index < -0.39 is 17.6 Å². The predicted molar refractivity (Wildman–Crippen MR) is 155 cm³/mol. The molecule has 0 bridgehead atoms. The number of nitrogens with two attached hydrogens (primary N) is 1. The number of amides is 2. The molecule has 0 radical (unpaired) electrons. The number of hydrogen-bond donors (Lipinski definition) is 5. The molecule has 2 rings (SSSR count). The Morgan fingerprint density at radius 1 is 1.15 bits per heavy atom. The molecule has 2 amide bonds. The summed E-state index contributed by atoms with van der Waals surface area (Å²) in [7, 11) is 1.67. The third-order valence-corrected chi connectivity index (χ3v) is 8.04. The van der Waals surface area contributed by atoms with Crippen molar-refractivity contribution in [2.45, 2.75) is 71.9 Å². The summed E-state index contributed by atoms with van der Waals surface area (Å²) in [6.07, 6.45) is 3.46. The highest BCUT2D eigenvalue weighted by molar-refractivity contribution is 5.96. The monoisotopic (exact) mass is 548 g/mol. The van der Waals surface area contributed by atoms with Gasteiger partial charge in [0.05, 0.1) is 18.3 Å². The smallest absolute Gasteiger partial charge is 0.255 e. The van der Waals surface area contributed by atoms with Crippen molar-refractivity contribution < 1.29 is 24.2 Å². The van der Waals surface area contributed by atoms with Crippen LogP contribution in [0.4, 0.5) is 0 Å². The first-order valence-corrected chi connectivity index (χ1v) is 14.5. The van der Waals surface area contributed by atoms with E-state index in [0.717, 1.165) is 38.8 Å². The minimum atomic E-state index is -0.876. The summed E-state index contributed by atoms with van der Waals surface area (Å²) >= 11 is 0. The third kappa shape index (κ3) is 10.7. The first-order chi connectivity index (χ1) is 18.6. The lowest BCUT2D eigenvalue weighted by Crippen LogP contribution is -2.51. The molecule has 4 atom stereocenters. The molecular weight excluding hydrogens is 496 g/mol. The van der Waals surface area contributed by atoms with E-state index in [4.69, 9.17) is 15.2 Å². The van der Waals surface area contributed by atoms with Crippen LogP contribution >= 0.6 is 0 Å². The number of aliphatic hydroxyl groups is 1. The van der Waals surface area contributed by atoms with Gasteiger partial charge in [-0.1, -0.05) is 39.8 Å². The third-order valence-electron chi connectivity index (χ3n) is 8.04. The van der Waals surface area contributed by atoms with Crippen LogP contribution in [-0.2, 0) is 9.53 Å². The van der Waals surface area contributed by atoms with Crippen molar-refractivity contribution in [3.05, 3.63) is 29.8 Å². The number of carbonyl (C=O) groups excluding carboxylic acids is 2. The minimum absolute atomic E-state index is 0.0566. The van der Waals surface area contributed by atoms with Crippen molar-refractivity contribution in [1.29, 1.82) is 0 Å². The molecule has 1 aromatic carbocycles. The molecule has 39 heavy (non-hydrogen) atoms. The Bertz CT molecular complexity index is 873. The van der Waals surface area contributed by atoms with Gasteiger partial charge in [-0.3, -0.25) is 9.59 Å². The van der Waals surface area contributed by atoms with Crippen molar-refractivity contribution in [3.63, 3.8) is 0 Å². The predicted octanol–water partition coefficient (Wildman–Crippen LogP) is 2.71. The first-order valence-electron chi connectivity index (χ1n) is 14.5. The van der Waals surface area contributed by atoms with E-state index >= 15 is 0 Å². The largest absolute Gasteiger partial charge is 0.493 e. The molecule has 9 heteroatoms. The van der Waals surface area contributed by atoms with E-state index in [1.165, 1.54) is 0 Å². The van der Waals surface area contributed by atoms with Gasteiger partial charge in [0.15, 0.2) is 0 Å². The van der Waals surface area contributed by atoms with Crippen LogP contribution in [0.15, 0.2) is 24.3 Å². The van der Waals surface area contributed by atoms with Crippen LogP contribution in [0.1, 0.15) is 70.2 Å². The molecular formula is C30H52N4O5. The molecule has 6 N–H and O–H groups in total. The average Bonchev–Trinajstić information content (AvgIpc) is 2.93. The fourth-order valence-electron chi connectivity index (χ4n) is 4.96. The highest BCUT2D eigenvalue weighted by atomic mass is 16.5. The Morgan fingerprint density at radius 2 is 1.87 bits per heavy atom. The molecule has 1 aliphatic heterocycles. The number of benzene rings is 1. The highest BCUT2D eigenvalue weighted by Crippen LogP contribution is 2.32. The maximum Gasteiger partial charge on any atom is 0.255 e. The molecule has 1 aliphatic rings. The fourth-order valence-corrected chi connectivity index (χ4v) is 4.96. The van der Waals surface area contributed by atoms with Gasteiger partial charge >= 0.3 is 0 Å². The molecule has 1 saturated heterocycles. The second-order valence-electron chi connectivity index (χ2n) is 11.7. The molecule has 0 saturated carbocycles. The zero-order chi connectivity index (χ0) is 28.8. The molecule has 0 aliphatic carbocycles. The van der Waals surface area contributed by atoms with Gasteiger partial charge in [-0.2, -0.15) is 0 Å². The Balaban J connectivity index is 1.85. The number of methoxy groups -OCH3 is 1. The molecule has 0 spiro atoms. The van der Waals surface area contributed by atoms with Gasteiger partial charge in [-0.05, 0) is 75.1 Å². The van der Waals surface area contributed by atoms with Crippen LogP contribution in [0.25, 0.3) is 0 Å². The van der Waals surface area contributed by atoms with Gasteiger partial charge in [-0.15, -0.1) is 0 Å². The van der Waals surface area contributed by atoms with Gasteiger partial charge in [0.25, 0.3) is 5.91 Å². The topological polar surface area (TPSA) is 135 Å². The van der Waals surface area contributed by atoms with Crippen LogP contribution in [0, 0.1) is 23.2 Å². The molecule has 9 nitrogen and oxygen atoms in total. The molecule has 0 aromatic heterocycles. The second-order valence-corrected chi connectivity index (χ2v) is 11.7. The van der Waals surface area contributed by atoms with Crippen molar-refractivity contribution in [3.8, 4) is 5.75 Å². The summed E-state index contributed by atoms with van der Waals surface area (Å²) in [6, 6.07) is 6.70. The quantitative estimate of drug-likeness (QED) is 0.189. The number of hydrogen-bond acceptors (Lipinski definition) is 7. The Kier molecular flexibility index (Phi) is 14.2. The van der Waals surface area contributed by atoms with Gasteiger partial charge in [0.2, 0.25) is 5.91 Å². The van der Waals surface area contributed by atoms with Crippen LogP contribution < -0.4 is 26.4 Å². The van der Waals surface area contributed by atoms with E-state index in [1.54, 1.807) is 19.2 Å². The highest BCUT2D eigenvalue weighted by Gasteiger charge is 2.37. The van der Waals surface area contributed by atoms with Crippen LogP contribution in [0.3, 0.4) is 0 Å². The normalized spacial score (nSPS) is 18.3. The maximum absolute atomic E-state index is 13.0. The van der Waals surface area contributed by atoms with Gasteiger partial charge in [0, 0.05) is 38.3 Å². The van der Waals surface area contributed by atoms with Gasteiger partial charge in [0.1, 0.15) is 5.75 Å². The number of aliphatic hydroxyl groups excluding tert-OH is 1. The van der Waals surface area contributed by atoms with Crippen LogP contribution in [0.5, 0.6) is 5.75 Å². The number of para-hydroxylation sites is 1. The van der Waals surface area contributed by atoms with Crippen molar-refractivity contribution in [2.75, 3.05) is 46.5 Å². The van der Waals surface area contributed by atoms with E-state index in [0.29, 0.717) is 37.5 Å². The van der Waals surface area contributed by atoms with E-state index in [9.17, 15) is 14.7 Å². The molecule has 1 fully saturated rings. The van der Waals surface area contributed by atoms with E-state index in [-0.39, 0.29) is 36.1 Å².